The number of Topliss-reactive ketones (excluding diaryl/α,β-unsaturated/α-hetero) is 1. The summed E-state index contributed by atoms with van der Waals surface area (Å²) in [6.07, 6.45) is 0.722. The van der Waals surface area contributed by atoms with Gasteiger partial charge in [0.25, 0.3) is 0 Å². The Kier molecular flexibility index (Phi) is 8.08. The Hall–Kier alpha value is 0.553. The van der Waals surface area contributed by atoms with Crippen LogP contribution in [0.4, 0.5) is 0 Å². The van der Waals surface area contributed by atoms with Crippen molar-refractivity contribution < 1.29 is 31.0 Å². The number of carbonyl (C=O) groups is 1. The van der Waals surface area contributed by atoms with Crippen LogP contribution in [-0.4, -0.2) is 5.78 Å². The first kappa shape index (κ1) is 11.4. The third kappa shape index (κ3) is 9.75. The van der Waals surface area contributed by atoms with E-state index in [1.54, 1.807) is 6.92 Å². The molecule has 0 saturated heterocycles. The second-order valence-corrected chi connectivity index (χ2v) is 2.30. The van der Waals surface area contributed by atoms with Gasteiger partial charge in [-0.3, -0.25) is 0 Å². The molecule has 0 aliphatic rings. The van der Waals surface area contributed by atoms with E-state index < -0.39 is 0 Å². The first-order chi connectivity index (χ1) is 3.13. The van der Waals surface area contributed by atoms with Crippen molar-refractivity contribution >= 4 is 5.78 Å². The van der Waals surface area contributed by atoms with Gasteiger partial charge in [0, 0.05) is 32.6 Å². The van der Waals surface area contributed by atoms with E-state index in [-0.39, 0.29) is 32.0 Å². The molecule has 0 N–H and O–H groups in total. The van der Waals surface area contributed by atoms with Gasteiger partial charge < -0.3 is 4.79 Å². The molecule has 0 aliphatic carbocycles. The standard InChI is InChI=1S/C6H12O.Zr/c1-5(2)4-6(3)7;/h5H,4H2,1-3H3;. The van der Waals surface area contributed by atoms with Crippen molar-refractivity contribution in [2.45, 2.75) is 27.2 Å². The maximum absolute atomic E-state index is 10.3. The number of hydrogen-bond acceptors (Lipinski definition) is 1. The zero-order chi connectivity index (χ0) is 5.86. The molecule has 0 atom stereocenters. The van der Waals surface area contributed by atoms with E-state index in [0.29, 0.717) is 5.92 Å². The fraction of sp³-hybridized carbons (Fsp3) is 0.833. The molecule has 0 aromatic carbocycles. The third-order valence-electron chi connectivity index (χ3n) is 0.696. The minimum atomic E-state index is 0. The Bertz CT molecular complexity index is 68.9. The number of hydrogen-bond donors (Lipinski definition) is 0. The molecule has 0 bridgehead atoms. The van der Waals surface area contributed by atoms with E-state index in [9.17, 15) is 4.79 Å². The summed E-state index contributed by atoms with van der Waals surface area (Å²) in [6.45, 7) is 5.71. The maximum Gasteiger partial charge on any atom is 0.130 e. The monoisotopic (exact) mass is 190 g/mol. The summed E-state index contributed by atoms with van der Waals surface area (Å²) in [7, 11) is 0. The number of rotatable bonds is 2. The Morgan fingerprint density at radius 3 is 1.88 bits per heavy atom. The smallest absolute Gasteiger partial charge is 0.130 e. The van der Waals surface area contributed by atoms with Crippen LogP contribution < -0.4 is 0 Å². The molecule has 0 fully saturated rings. The van der Waals surface area contributed by atoms with E-state index in [1.807, 2.05) is 13.8 Å². The minimum absolute atomic E-state index is 0. The van der Waals surface area contributed by atoms with E-state index in [2.05, 4.69) is 0 Å². The largest absolute Gasteiger partial charge is 0.300 e. The molecule has 1 nitrogen and oxygen atoms in total. The summed E-state index contributed by atoms with van der Waals surface area (Å²) in [5.74, 6) is 0.813. The fourth-order valence-electron chi connectivity index (χ4n) is 0.575. The molecule has 0 saturated carbocycles. The van der Waals surface area contributed by atoms with Crippen LogP contribution >= 0.6 is 0 Å². The molecule has 8 heavy (non-hydrogen) atoms. The summed E-state index contributed by atoms with van der Waals surface area (Å²) >= 11 is 0. The summed E-state index contributed by atoms with van der Waals surface area (Å²) in [6, 6.07) is 0. The van der Waals surface area contributed by atoms with E-state index in [1.165, 1.54) is 0 Å². The summed E-state index contributed by atoms with van der Waals surface area (Å²) in [5, 5.41) is 0. The Morgan fingerprint density at radius 1 is 1.50 bits per heavy atom. The van der Waals surface area contributed by atoms with Gasteiger partial charge >= 0.3 is 0 Å². The van der Waals surface area contributed by atoms with Crippen molar-refractivity contribution in [2.24, 2.45) is 5.92 Å². The molecule has 0 aromatic heterocycles. The van der Waals surface area contributed by atoms with Gasteiger partial charge in [-0.05, 0) is 12.8 Å². The molecule has 46 valence electrons. The quantitative estimate of drug-likeness (QED) is 0.648. The van der Waals surface area contributed by atoms with Crippen molar-refractivity contribution in [3.05, 3.63) is 0 Å². The Labute approximate surface area is 70.0 Å². The molecule has 0 heterocycles. The van der Waals surface area contributed by atoms with Gasteiger partial charge in [0.2, 0.25) is 0 Å². The predicted octanol–water partition coefficient (Wildman–Crippen LogP) is 1.62. The van der Waals surface area contributed by atoms with Crippen LogP contribution in [0.1, 0.15) is 27.2 Å². The molecule has 0 rings (SSSR count). The van der Waals surface area contributed by atoms with Crippen molar-refractivity contribution in [3.8, 4) is 0 Å². The zero-order valence-corrected chi connectivity index (χ0v) is 8.15. The van der Waals surface area contributed by atoms with E-state index >= 15 is 0 Å². The molecular formula is C6H12OZr. The van der Waals surface area contributed by atoms with E-state index in [4.69, 9.17) is 0 Å². The van der Waals surface area contributed by atoms with Crippen molar-refractivity contribution in [1.29, 1.82) is 0 Å². The van der Waals surface area contributed by atoms with Crippen molar-refractivity contribution in [3.63, 3.8) is 0 Å². The van der Waals surface area contributed by atoms with Gasteiger partial charge in [0.05, 0.1) is 0 Å². The molecule has 0 spiro atoms. The first-order valence-electron chi connectivity index (χ1n) is 2.62. The average Bonchev–Trinajstić information content (AvgIpc) is 1.27. The van der Waals surface area contributed by atoms with Crippen molar-refractivity contribution in [2.75, 3.05) is 0 Å². The van der Waals surface area contributed by atoms with Crippen LogP contribution in [0.3, 0.4) is 0 Å². The second kappa shape index (κ2) is 5.69. The molecular weight excluding hydrogens is 179 g/mol. The SMILES string of the molecule is CC(=O)CC(C)C.[Zr]. The fourth-order valence-corrected chi connectivity index (χ4v) is 0.575. The topological polar surface area (TPSA) is 17.1 Å². The van der Waals surface area contributed by atoms with Gasteiger partial charge in [0.15, 0.2) is 0 Å². The zero-order valence-electron chi connectivity index (χ0n) is 5.69. The summed E-state index contributed by atoms with van der Waals surface area (Å²) < 4.78 is 0. The van der Waals surface area contributed by atoms with Crippen LogP contribution in [0.2, 0.25) is 0 Å². The summed E-state index contributed by atoms with van der Waals surface area (Å²) in [4.78, 5) is 10.3. The third-order valence-corrected chi connectivity index (χ3v) is 0.696. The number of ketones is 1. The van der Waals surface area contributed by atoms with Gasteiger partial charge in [-0.25, -0.2) is 0 Å². The number of carbonyl (C=O) groups excluding carboxylic acids is 1. The normalized spacial score (nSPS) is 8.50. The second-order valence-electron chi connectivity index (χ2n) is 2.30. The van der Waals surface area contributed by atoms with Crippen molar-refractivity contribution in [1.82, 2.24) is 0 Å². The predicted molar refractivity (Wildman–Crippen MR) is 30.1 cm³/mol. The van der Waals surface area contributed by atoms with Crippen LogP contribution in [0, 0.1) is 5.92 Å². The molecule has 2 heteroatoms. The van der Waals surface area contributed by atoms with Crippen LogP contribution in [-0.2, 0) is 31.0 Å². The maximum atomic E-state index is 10.3. The molecule has 0 amide bonds. The van der Waals surface area contributed by atoms with Gasteiger partial charge in [-0.15, -0.1) is 0 Å². The minimum Gasteiger partial charge on any atom is -0.300 e. The van der Waals surface area contributed by atoms with Gasteiger partial charge in [0.1, 0.15) is 5.78 Å². The Morgan fingerprint density at radius 2 is 1.88 bits per heavy atom. The molecule has 0 radical (unpaired) electrons. The molecule has 0 aromatic rings. The van der Waals surface area contributed by atoms with Gasteiger partial charge in [-0.2, -0.15) is 0 Å². The molecule has 0 aliphatic heterocycles. The van der Waals surface area contributed by atoms with Crippen LogP contribution in [0.5, 0.6) is 0 Å². The van der Waals surface area contributed by atoms with Crippen LogP contribution in [0.25, 0.3) is 0 Å². The van der Waals surface area contributed by atoms with Crippen LogP contribution in [0.15, 0.2) is 0 Å². The van der Waals surface area contributed by atoms with Gasteiger partial charge in [-0.1, -0.05) is 13.8 Å². The Balaban J connectivity index is 0. The average molecular weight is 191 g/mol. The van der Waals surface area contributed by atoms with E-state index in [0.717, 1.165) is 6.42 Å². The summed E-state index contributed by atoms with van der Waals surface area (Å²) in [5.41, 5.74) is 0. The molecule has 0 unspecified atom stereocenters. The first-order valence-corrected chi connectivity index (χ1v) is 2.62.